The van der Waals surface area contributed by atoms with Gasteiger partial charge in [0.1, 0.15) is 11.5 Å². The minimum Gasteiger partial charge on any atom is -0.458 e. The van der Waals surface area contributed by atoms with Crippen LogP contribution in [0.1, 0.15) is 26.3 Å². The number of fused-ring (bicyclic) bond motifs is 7. The number of rotatable bonds is 5. The molecule has 0 fully saturated rings. The molecular formula is C58H42BNO. The van der Waals surface area contributed by atoms with Crippen LogP contribution in [0.2, 0.25) is 0 Å². The van der Waals surface area contributed by atoms with Crippen LogP contribution < -0.4 is 21.1 Å². The Labute approximate surface area is 357 Å². The van der Waals surface area contributed by atoms with Crippen molar-refractivity contribution in [1.29, 1.82) is 0 Å². The molecule has 0 atom stereocenters. The first-order chi connectivity index (χ1) is 29.9. The summed E-state index contributed by atoms with van der Waals surface area (Å²) in [6.45, 7) is 6.85. The fourth-order valence-electron chi connectivity index (χ4n) is 10.1. The average molecular weight is 780 g/mol. The lowest BCUT2D eigenvalue weighted by molar-refractivity contribution is 0.483. The van der Waals surface area contributed by atoms with E-state index in [0.717, 1.165) is 11.5 Å². The Morgan fingerprint density at radius 2 is 0.934 bits per heavy atom. The maximum atomic E-state index is 7.06. The number of hydrogen-bond donors (Lipinski definition) is 0. The van der Waals surface area contributed by atoms with Crippen molar-refractivity contribution in [3.05, 3.63) is 206 Å². The Kier molecular flexibility index (Phi) is 7.93. The summed E-state index contributed by atoms with van der Waals surface area (Å²) in [6.07, 6.45) is 0. The summed E-state index contributed by atoms with van der Waals surface area (Å²) in [5.74, 6) is 1.86. The van der Waals surface area contributed by atoms with Crippen molar-refractivity contribution in [3.8, 4) is 72.8 Å². The van der Waals surface area contributed by atoms with Gasteiger partial charge in [-0.05, 0) is 119 Å². The number of aromatic nitrogens is 1. The standard InChI is InChI=1S/C58H42BNO/c1-58(2,3)43-35-53-56-55(36-43)61-54-30-28-40(37-17-7-4-8-18-37)33-50(54)59(56)51-34-42(47-26-16-14-24-45(47)39-21-11-6-12-22-39)32-49-48-31-41(27-29-52(48)60(53)57(49)51)46-25-15-13-23-44(46)38-19-9-5-10-20-38/h4-36H,1-3H3. The number of ether oxygens (including phenoxy) is 1. The molecule has 0 N–H and O–H groups in total. The van der Waals surface area contributed by atoms with Gasteiger partial charge in [0.05, 0.1) is 5.52 Å². The monoisotopic (exact) mass is 779 g/mol. The Bertz CT molecular complexity index is 3360. The van der Waals surface area contributed by atoms with Gasteiger partial charge in [-0.25, -0.2) is 0 Å². The van der Waals surface area contributed by atoms with Gasteiger partial charge in [0, 0.05) is 22.0 Å². The third-order valence-electron chi connectivity index (χ3n) is 13.0. The third-order valence-corrected chi connectivity index (χ3v) is 13.0. The highest BCUT2D eigenvalue weighted by molar-refractivity contribution is 6.99. The van der Waals surface area contributed by atoms with Crippen molar-refractivity contribution in [3.63, 3.8) is 0 Å². The molecule has 61 heavy (non-hydrogen) atoms. The van der Waals surface area contributed by atoms with E-state index in [9.17, 15) is 0 Å². The van der Waals surface area contributed by atoms with Crippen LogP contribution in [0, 0.1) is 0 Å². The quantitative estimate of drug-likeness (QED) is 0.159. The van der Waals surface area contributed by atoms with Crippen LogP contribution >= 0.6 is 0 Å². The number of nitrogens with zero attached hydrogens (tertiary/aromatic N) is 1. The minimum atomic E-state index is -0.0937. The molecule has 2 aliphatic heterocycles. The maximum Gasteiger partial charge on any atom is 0.256 e. The normalized spacial score (nSPS) is 12.6. The molecule has 2 nitrogen and oxygen atoms in total. The topological polar surface area (TPSA) is 14.2 Å². The zero-order valence-electron chi connectivity index (χ0n) is 34.5. The Morgan fingerprint density at radius 1 is 0.410 bits per heavy atom. The molecule has 288 valence electrons. The first-order valence-electron chi connectivity index (χ1n) is 21.4. The maximum absolute atomic E-state index is 7.06. The summed E-state index contributed by atoms with van der Waals surface area (Å²) in [4.78, 5) is 0. The zero-order valence-corrected chi connectivity index (χ0v) is 34.5. The second-order valence-electron chi connectivity index (χ2n) is 17.7. The second kappa shape index (κ2) is 13.6. The fraction of sp³-hybridized carbons (Fsp3) is 0.0690. The molecule has 0 amide bonds. The van der Waals surface area contributed by atoms with Crippen LogP contribution in [0.15, 0.2) is 200 Å². The molecule has 3 heterocycles. The van der Waals surface area contributed by atoms with Gasteiger partial charge < -0.3 is 9.30 Å². The van der Waals surface area contributed by atoms with Gasteiger partial charge in [-0.15, -0.1) is 0 Å². The third kappa shape index (κ3) is 5.65. The second-order valence-corrected chi connectivity index (χ2v) is 17.7. The summed E-state index contributed by atoms with van der Waals surface area (Å²) >= 11 is 0. The van der Waals surface area contributed by atoms with E-state index in [2.05, 4.69) is 226 Å². The highest BCUT2D eigenvalue weighted by Gasteiger charge is 2.42. The highest BCUT2D eigenvalue weighted by Crippen LogP contribution is 2.44. The molecule has 0 saturated carbocycles. The molecule has 0 spiro atoms. The number of hydrogen-bond acceptors (Lipinski definition) is 1. The molecule has 3 heteroatoms. The van der Waals surface area contributed by atoms with Gasteiger partial charge >= 0.3 is 0 Å². The Hall–Kier alpha value is -7.36. The van der Waals surface area contributed by atoms with Crippen LogP contribution in [0.25, 0.3) is 83.1 Å². The van der Waals surface area contributed by atoms with Crippen molar-refractivity contribution in [2.75, 3.05) is 0 Å². The molecule has 9 aromatic carbocycles. The van der Waals surface area contributed by atoms with Gasteiger partial charge in [0.25, 0.3) is 6.71 Å². The Morgan fingerprint density at radius 3 is 1.56 bits per heavy atom. The predicted molar refractivity (Wildman–Crippen MR) is 258 cm³/mol. The van der Waals surface area contributed by atoms with E-state index in [1.165, 1.54) is 105 Å². The van der Waals surface area contributed by atoms with Crippen LogP contribution in [0.3, 0.4) is 0 Å². The lowest BCUT2D eigenvalue weighted by Gasteiger charge is -2.35. The summed E-state index contributed by atoms with van der Waals surface area (Å²) < 4.78 is 9.62. The van der Waals surface area contributed by atoms with E-state index in [1.54, 1.807) is 0 Å². The van der Waals surface area contributed by atoms with Gasteiger partial charge in [-0.3, -0.25) is 0 Å². The van der Waals surface area contributed by atoms with E-state index in [4.69, 9.17) is 4.74 Å². The minimum absolute atomic E-state index is 0.0483. The first-order valence-corrected chi connectivity index (χ1v) is 21.4. The molecule has 2 aliphatic rings. The molecule has 0 radical (unpaired) electrons. The van der Waals surface area contributed by atoms with Crippen molar-refractivity contribution in [2.24, 2.45) is 0 Å². The molecule has 0 saturated heterocycles. The van der Waals surface area contributed by atoms with Crippen LogP contribution in [-0.4, -0.2) is 11.3 Å². The first kappa shape index (κ1) is 35.6. The van der Waals surface area contributed by atoms with Gasteiger partial charge in [0.15, 0.2) is 0 Å². The van der Waals surface area contributed by atoms with Crippen LogP contribution in [0.4, 0.5) is 0 Å². The van der Waals surface area contributed by atoms with Crippen LogP contribution in [0.5, 0.6) is 11.5 Å². The SMILES string of the molecule is CC(C)(C)c1cc2c3c(c1)-n1c4ccc(-c5ccccc5-c5ccccc5)cc4c4cc(-c5ccccc5-c5ccccc5)cc(c41)B3c1cc(-c3ccccc3)ccc1O2. The summed E-state index contributed by atoms with van der Waals surface area (Å²) in [5, 5.41) is 2.49. The van der Waals surface area contributed by atoms with E-state index >= 15 is 0 Å². The van der Waals surface area contributed by atoms with E-state index < -0.39 is 0 Å². The van der Waals surface area contributed by atoms with Gasteiger partial charge in [0.2, 0.25) is 0 Å². The predicted octanol–water partition coefficient (Wildman–Crippen LogP) is 13.4. The molecular weight excluding hydrogens is 737 g/mol. The van der Waals surface area contributed by atoms with Crippen molar-refractivity contribution in [2.45, 2.75) is 26.2 Å². The Balaban J connectivity index is 1.20. The largest absolute Gasteiger partial charge is 0.458 e. The molecule has 1 aromatic heterocycles. The van der Waals surface area contributed by atoms with E-state index in [0.29, 0.717) is 0 Å². The number of benzene rings is 9. The van der Waals surface area contributed by atoms with E-state index in [1.807, 2.05) is 0 Å². The highest BCUT2D eigenvalue weighted by atomic mass is 16.5. The smallest absolute Gasteiger partial charge is 0.256 e. The fourth-order valence-corrected chi connectivity index (χ4v) is 10.1. The van der Waals surface area contributed by atoms with Crippen molar-refractivity contribution in [1.82, 2.24) is 4.57 Å². The lowest BCUT2D eigenvalue weighted by atomic mass is 9.34. The molecule has 12 rings (SSSR count). The summed E-state index contributed by atoms with van der Waals surface area (Å²) in [7, 11) is 0. The van der Waals surface area contributed by atoms with Crippen LogP contribution in [-0.2, 0) is 5.41 Å². The lowest BCUT2D eigenvalue weighted by Crippen LogP contribution is -2.58. The van der Waals surface area contributed by atoms with Crippen molar-refractivity contribution < 1.29 is 4.74 Å². The average Bonchev–Trinajstić information content (AvgIpc) is 3.64. The molecule has 10 aromatic rings. The van der Waals surface area contributed by atoms with Gasteiger partial charge in [-0.1, -0.05) is 185 Å². The molecule has 0 aliphatic carbocycles. The van der Waals surface area contributed by atoms with E-state index in [-0.39, 0.29) is 12.1 Å². The van der Waals surface area contributed by atoms with Gasteiger partial charge in [-0.2, -0.15) is 0 Å². The molecule has 0 bridgehead atoms. The molecule has 0 unspecified atom stereocenters. The summed E-state index contributed by atoms with van der Waals surface area (Å²) in [6, 6.07) is 73.6. The summed E-state index contributed by atoms with van der Waals surface area (Å²) in [5.41, 5.74) is 20.7. The van der Waals surface area contributed by atoms with Crippen molar-refractivity contribution >= 4 is 44.9 Å². The zero-order chi connectivity index (χ0) is 40.8.